The summed E-state index contributed by atoms with van der Waals surface area (Å²) in [6.07, 6.45) is 14.5. The van der Waals surface area contributed by atoms with Gasteiger partial charge in [-0.1, -0.05) is 55.3 Å². The molecule has 2 aliphatic rings. The van der Waals surface area contributed by atoms with Gasteiger partial charge in [0.2, 0.25) is 0 Å². The average molecular weight is 437 g/mol. The summed E-state index contributed by atoms with van der Waals surface area (Å²) in [5, 5.41) is 0. The highest BCUT2D eigenvalue weighted by molar-refractivity contribution is 5.65. The van der Waals surface area contributed by atoms with Crippen molar-refractivity contribution in [2.24, 2.45) is 11.8 Å². The Labute approximate surface area is 193 Å². The van der Waals surface area contributed by atoms with Gasteiger partial charge in [0.15, 0.2) is 0 Å². The molecular weight excluding hydrogens is 398 g/mol. The van der Waals surface area contributed by atoms with E-state index in [4.69, 9.17) is 0 Å². The van der Waals surface area contributed by atoms with E-state index >= 15 is 4.39 Å². The Hall–Kier alpha value is -1.96. The molecule has 2 aliphatic carbocycles. The van der Waals surface area contributed by atoms with Gasteiger partial charge in [-0.05, 0) is 104 Å². The Morgan fingerprint density at radius 2 is 1.41 bits per heavy atom. The molecule has 2 saturated carbocycles. The van der Waals surface area contributed by atoms with Crippen LogP contribution in [0.5, 0.6) is 0 Å². The largest absolute Gasteiger partial charge is 0.251 e. The van der Waals surface area contributed by atoms with Crippen molar-refractivity contribution in [1.29, 1.82) is 0 Å². The summed E-state index contributed by atoms with van der Waals surface area (Å²) in [6, 6.07) is 14.5. The zero-order valence-corrected chi connectivity index (χ0v) is 19.4. The van der Waals surface area contributed by atoms with Crippen LogP contribution in [-0.4, -0.2) is 6.67 Å². The first-order chi connectivity index (χ1) is 15.7. The fraction of sp³-hybridized carbons (Fsp3) is 0.533. The lowest BCUT2D eigenvalue weighted by Gasteiger charge is -2.29. The molecule has 0 aliphatic heterocycles. The SMILES string of the molecule is C=C[C@H]1CC[C@H](c2ccc(-c3ccc([C@H]4CC[C@H](CCCCF)CC4)cc3)c(F)c2)CC1. The number of hydrogen-bond donors (Lipinski definition) is 0. The number of benzene rings is 2. The second-order valence-corrected chi connectivity index (χ2v) is 10.1. The van der Waals surface area contributed by atoms with Gasteiger partial charge >= 0.3 is 0 Å². The average Bonchev–Trinajstić information content (AvgIpc) is 2.85. The molecule has 2 aromatic rings. The molecule has 2 aromatic carbocycles. The lowest BCUT2D eigenvalue weighted by molar-refractivity contribution is 0.298. The van der Waals surface area contributed by atoms with E-state index in [0.29, 0.717) is 23.3 Å². The third-order valence-electron chi connectivity index (χ3n) is 8.11. The van der Waals surface area contributed by atoms with Crippen molar-refractivity contribution >= 4 is 0 Å². The lowest BCUT2D eigenvalue weighted by Crippen LogP contribution is -2.13. The molecule has 0 amide bonds. The van der Waals surface area contributed by atoms with E-state index < -0.39 is 0 Å². The second kappa shape index (κ2) is 11.3. The summed E-state index contributed by atoms with van der Waals surface area (Å²) in [5.74, 6) is 2.39. The molecule has 0 N–H and O–H groups in total. The first kappa shape index (κ1) is 23.2. The van der Waals surface area contributed by atoms with Crippen LogP contribution in [0.25, 0.3) is 11.1 Å². The topological polar surface area (TPSA) is 0 Å². The van der Waals surface area contributed by atoms with Crippen LogP contribution in [0, 0.1) is 17.7 Å². The second-order valence-electron chi connectivity index (χ2n) is 10.1. The van der Waals surface area contributed by atoms with E-state index in [2.05, 4.69) is 43.0 Å². The van der Waals surface area contributed by atoms with Gasteiger partial charge < -0.3 is 0 Å². The highest BCUT2D eigenvalue weighted by Gasteiger charge is 2.23. The number of hydrogen-bond acceptors (Lipinski definition) is 0. The Balaban J connectivity index is 1.35. The summed E-state index contributed by atoms with van der Waals surface area (Å²) < 4.78 is 27.3. The van der Waals surface area contributed by atoms with Gasteiger partial charge in [0.1, 0.15) is 5.82 Å². The summed E-state index contributed by atoms with van der Waals surface area (Å²) in [6.45, 7) is 3.74. The Morgan fingerprint density at radius 1 is 0.781 bits per heavy atom. The lowest BCUT2D eigenvalue weighted by atomic mass is 9.77. The third kappa shape index (κ3) is 5.69. The molecule has 0 atom stereocenters. The summed E-state index contributed by atoms with van der Waals surface area (Å²) >= 11 is 0. The van der Waals surface area contributed by atoms with Crippen molar-refractivity contribution in [3.05, 3.63) is 72.1 Å². The molecule has 0 bridgehead atoms. The number of rotatable bonds is 8. The van der Waals surface area contributed by atoms with Crippen molar-refractivity contribution in [2.45, 2.75) is 82.5 Å². The van der Waals surface area contributed by atoms with E-state index in [1.54, 1.807) is 6.07 Å². The highest BCUT2D eigenvalue weighted by Crippen LogP contribution is 2.39. The Bertz CT molecular complexity index is 853. The molecule has 0 heterocycles. The van der Waals surface area contributed by atoms with E-state index in [9.17, 15) is 4.39 Å². The molecule has 0 saturated heterocycles. The van der Waals surface area contributed by atoms with Gasteiger partial charge in [-0.15, -0.1) is 6.58 Å². The van der Waals surface area contributed by atoms with Crippen LogP contribution in [0.4, 0.5) is 8.78 Å². The van der Waals surface area contributed by atoms with Crippen LogP contribution in [-0.2, 0) is 0 Å². The van der Waals surface area contributed by atoms with Crippen LogP contribution in [0.3, 0.4) is 0 Å². The van der Waals surface area contributed by atoms with Gasteiger partial charge in [0.25, 0.3) is 0 Å². The minimum Gasteiger partial charge on any atom is -0.251 e. The Kier molecular flexibility index (Phi) is 8.16. The van der Waals surface area contributed by atoms with Crippen LogP contribution < -0.4 is 0 Å². The summed E-state index contributed by atoms with van der Waals surface area (Å²) in [5.41, 5.74) is 4.20. The van der Waals surface area contributed by atoms with E-state index in [-0.39, 0.29) is 12.5 Å². The van der Waals surface area contributed by atoms with Crippen LogP contribution in [0.1, 0.15) is 93.6 Å². The molecule has 0 unspecified atom stereocenters. The number of allylic oxidation sites excluding steroid dienone is 1. The quantitative estimate of drug-likeness (QED) is 0.285. The molecule has 32 heavy (non-hydrogen) atoms. The third-order valence-corrected chi connectivity index (χ3v) is 8.11. The minimum absolute atomic E-state index is 0.102. The maximum Gasteiger partial charge on any atom is 0.131 e. The fourth-order valence-electron chi connectivity index (χ4n) is 5.95. The molecule has 0 aromatic heterocycles. The Morgan fingerprint density at radius 3 is 2.03 bits per heavy atom. The van der Waals surface area contributed by atoms with Crippen LogP contribution in [0.15, 0.2) is 55.1 Å². The number of alkyl halides is 1. The normalized spacial score (nSPS) is 26.1. The summed E-state index contributed by atoms with van der Waals surface area (Å²) in [7, 11) is 0. The fourth-order valence-corrected chi connectivity index (χ4v) is 5.95. The number of halogens is 2. The molecule has 172 valence electrons. The molecule has 0 nitrogen and oxygen atoms in total. The van der Waals surface area contributed by atoms with Crippen molar-refractivity contribution < 1.29 is 8.78 Å². The first-order valence-corrected chi connectivity index (χ1v) is 12.8. The molecule has 0 radical (unpaired) electrons. The van der Waals surface area contributed by atoms with E-state index in [0.717, 1.165) is 42.7 Å². The zero-order chi connectivity index (χ0) is 22.3. The van der Waals surface area contributed by atoms with E-state index in [1.165, 1.54) is 50.5 Å². The van der Waals surface area contributed by atoms with Gasteiger partial charge in [0.05, 0.1) is 6.67 Å². The smallest absolute Gasteiger partial charge is 0.131 e. The van der Waals surface area contributed by atoms with Crippen molar-refractivity contribution in [3.8, 4) is 11.1 Å². The predicted molar refractivity (Wildman–Crippen MR) is 131 cm³/mol. The molecular formula is C30H38F2. The maximum absolute atomic E-state index is 15.0. The maximum atomic E-state index is 15.0. The summed E-state index contributed by atoms with van der Waals surface area (Å²) in [4.78, 5) is 0. The van der Waals surface area contributed by atoms with Crippen molar-refractivity contribution in [1.82, 2.24) is 0 Å². The number of unbranched alkanes of at least 4 members (excludes halogenated alkanes) is 1. The van der Waals surface area contributed by atoms with Crippen molar-refractivity contribution in [2.75, 3.05) is 6.67 Å². The van der Waals surface area contributed by atoms with Crippen LogP contribution >= 0.6 is 0 Å². The van der Waals surface area contributed by atoms with Gasteiger partial charge in [-0.3, -0.25) is 4.39 Å². The standard InChI is InChI=1S/C30H38F2/c1-2-22-6-10-26(11-7-22)28-18-19-29(30(32)21-28)27-16-14-25(15-17-27)24-12-8-23(9-13-24)5-3-4-20-31/h2,14-19,21-24,26H,1,3-13,20H2/t22-,23-,24-,26-. The minimum atomic E-state index is -0.179. The molecule has 2 heteroatoms. The molecule has 4 rings (SSSR count). The van der Waals surface area contributed by atoms with E-state index in [1.807, 2.05) is 6.07 Å². The monoisotopic (exact) mass is 436 g/mol. The first-order valence-electron chi connectivity index (χ1n) is 12.8. The van der Waals surface area contributed by atoms with Gasteiger partial charge in [-0.2, -0.15) is 0 Å². The highest BCUT2D eigenvalue weighted by atomic mass is 19.1. The molecule has 2 fully saturated rings. The van der Waals surface area contributed by atoms with Crippen LogP contribution in [0.2, 0.25) is 0 Å². The predicted octanol–water partition coefficient (Wildman–Crippen LogP) is 9.37. The zero-order valence-electron chi connectivity index (χ0n) is 19.4. The van der Waals surface area contributed by atoms with Gasteiger partial charge in [0, 0.05) is 5.56 Å². The van der Waals surface area contributed by atoms with Gasteiger partial charge in [-0.25, -0.2) is 4.39 Å². The molecule has 0 spiro atoms. The van der Waals surface area contributed by atoms with Crippen molar-refractivity contribution in [3.63, 3.8) is 0 Å².